The molecule has 1 atom stereocenters. The molecule has 0 unspecified atom stereocenters. The molecule has 0 spiro atoms. The highest BCUT2D eigenvalue weighted by atomic mass is 19.4. The molecule has 3 N–H and O–H groups in total. The summed E-state index contributed by atoms with van der Waals surface area (Å²) in [6.45, 7) is 1.97. The Morgan fingerprint density at radius 1 is 1.00 bits per heavy atom. The second-order valence-corrected chi connectivity index (χ2v) is 6.75. The van der Waals surface area contributed by atoms with Crippen LogP contribution in [-0.4, -0.2) is 43.0 Å². The Bertz CT molecular complexity index is 772. The first kappa shape index (κ1) is 19.2. The normalized spacial score (nSPS) is 16.3. The summed E-state index contributed by atoms with van der Waals surface area (Å²) < 4.78 is 38.7. The molecule has 0 radical (unpaired) electrons. The van der Waals surface area contributed by atoms with E-state index in [2.05, 4.69) is 5.73 Å². The third-order valence-electron chi connectivity index (χ3n) is 4.80. The van der Waals surface area contributed by atoms with Crippen LogP contribution in [0.25, 0.3) is 0 Å². The van der Waals surface area contributed by atoms with Crippen molar-refractivity contribution < 1.29 is 23.7 Å². The largest absolute Gasteiger partial charge is 0.416 e. The van der Waals surface area contributed by atoms with Gasteiger partial charge in [0.15, 0.2) is 6.04 Å². The van der Waals surface area contributed by atoms with Gasteiger partial charge in [-0.3, -0.25) is 4.79 Å². The second-order valence-electron chi connectivity index (χ2n) is 6.75. The Hall–Kier alpha value is -2.54. The van der Waals surface area contributed by atoms with Crippen LogP contribution in [0.1, 0.15) is 11.1 Å². The van der Waals surface area contributed by atoms with Gasteiger partial charge in [-0.15, -0.1) is 0 Å². The topological polar surface area (TPSA) is 51.2 Å². The first-order chi connectivity index (χ1) is 12.8. The summed E-state index contributed by atoms with van der Waals surface area (Å²) in [6.07, 6.45) is -3.78. The fraction of sp³-hybridized carbons (Fsp3) is 0.350. The molecule has 4 nitrogen and oxygen atoms in total. The first-order valence-electron chi connectivity index (χ1n) is 8.92. The van der Waals surface area contributed by atoms with Crippen molar-refractivity contribution in [2.24, 2.45) is 0 Å². The number of nitrogens with zero attached hydrogens (tertiary/aromatic N) is 2. The smallest absolute Gasteiger partial charge is 0.368 e. The number of hydrogen-bond donors (Lipinski definition) is 1. The fourth-order valence-electron chi connectivity index (χ4n) is 3.31. The van der Waals surface area contributed by atoms with E-state index in [9.17, 15) is 18.0 Å². The van der Waals surface area contributed by atoms with Crippen LogP contribution in [0.5, 0.6) is 0 Å². The molecule has 7 heteroatoms. The molecule has 1 saturated heterocycles. The van der Waals surface area contributed by atoms with E-state index in [1.807, 2.05) is 35.2 Å². The maximum absolute atomic E-state index is 12.9. The number of anilines is 1. The lowest BCUT2D eigenvalue weighted by molar-refractivity contribution is -0.405. The maximum Gasteiger partial charge on any atom is 0.416 e. The zero-order chi connectivity index (χ0) is 19.4. The van der Waals surface area contributed by atoms with Crippen molar-refractivity contribution in [3.05, 3.63) is 65.7 Å². The zero-order valence-electron chi connectivity index (χ0n) is 15.0. The molecule has 1 aliphatic heterocycles. The molecule has 0 aliphatic carbocycles. The summed E-state index contributed by atoms with van der Waals surface area (Å²) in [6, 6.07) is 14.7. The Labute approximate surface area is 156 Å². The number of carbonyl (C=O) groups excluding carboxylic acids is 1. The van der Waals surface area contributed by atoms with Crippen molar-refractivity contribution in [2.45, 2.75) is 18.6 Å². The van der Waals surface area contributed by atoms with Crippen LogP contribution in [0, 0.1) is 0 Å². The van der Waals surface area contributed by atoms with E-state index in [1.165, 1.54) is 6.07 Å². The summed E-state index contributed by atoms with van der Waals surface area (Å²) in [5.41, 5.74) is 4.94. The Morgan fingerprint density at radius 3 is 2.30 bits per heavy atom. The number of rotatable bonds is 4. The summed E-state index contributed by atoms with van der Waals surface area (Å²) >= 11 is 0. The fourth-order valence-corrected chi connectivity index (χ4v) is 3.31. The number of amides is 1. The Balaban J connectivity index is 1.58. The maximum atomic E-state index is 12.9. The number of carbonyl (C=O) groups is 1. The highest BCUT2D eigenvalue weighted by Gasteiger charge is 2.32. The van der Waals surface area contributed by atoms with Gasteiger partial charge in [0.25, 0.3) is 5.91 Å². The van der Waals surface area contributed by atoms with Crippen LogP contribution >= 0.6 is 0 Å². The lowest BCUT2D eigenvalue weighted by atomic mass is 10.1. The van der Waals surface area contributed by atoms with Crippen LogP contribution in [-0.2, 0) is 17.4 Å². The standard InChI is InChI=1S/C20H22F3N3O/c21-20(22,23)16-7-4-8-17(14-16)25-9-11-26(12-10-25)19(27)18(24)13-15-5-2-1-3-6-15/h1-8,14,18H,9-13,24H2/p+1/t18-/m0/s1. The van der Waals surface area contributed by atoms with Crippen molar-refractivity contribution in [3.63, 3.8) is 0 Å². The predicted octanol–water partition coefficient (Wildman–Crippen LogP) is 2.21. The van der Waals surface area contributed by atoms with Crippen molar-refractivity contribution >= 4 is 11.6 Å². The van der Waals surface area contributed by atoms with Gasteiger partial charge in [-0.25, -0.2) is 0 Å². The number of benzene rings is 2. The number of halogens is 3. The summed E-state index contributed by atoms with van der Waals surface area (Å²) in [5.74, 6) is -0.0115. The van der Waals surface area contributed by atoms with Crippen molar-refractivity contribution in [1.29, 1.82) is 0 Å². The number of quaternary nitrogens is 1. The van der Waals surface area contributed by atoms with E-state index in [-0.39, 0.29) is 11.9 Å². The van der Waals surface area contributed by atoms with Crippen LogP contribution in [0.2, 0.25) is 0 Å². The summed E-state index contributed by atoms with van der Waals surface area (Å²) in [4.78, 5) is 16.3. The Morgan fingerprint density at radius 2 is 1.67 bits per heavy atom. The summed E-state index contributed by atoms with van der Waals surface area (Å²) in [5, 5.41) is 0. The Kier molecular flexibility index (Phi) is 5.70. The predicted molar refractivity (Wildman–Crippen MR) is 97.1 cm³/mol. The van der Waals surface area contributed by atoms with Gasteiger partial charge in [0, 0.05) is 38.3 Å². The second kappa shape index (κ2) is 8.00. The third kappa shape index (κ3) is 4.80. The van der Waals surface area contributed by atoms with Crippen molar-refractivity contribution in [3.8, 4) is 0 Å². The number of hydrogen-bond acceptors (Lipinski definition) is 2. The van der Waals surface area contributed by atoms with Gasteiger partial charge in [-0.05, 0) is 23.8 Å². The lowest BCUT2D eigenvalue weighted by Crippen LogP contribution is -2.70. The third-order valence-corrected chi connectivity index (χ3v) is 4.80. The monoisotopic (exact) mass is 378 g/mol. The van der Waals surface area contributed by atoms with Crippen LogP contribution < -0.4 is 10.6 Å². The first-order valence-corrected chi connectivity index (χ1v) is 8.92. The summed E-state index contributed by atoms with van der Waals surface area (Å²) in [7, 11) is 0. The molecule has 3 rings (SSSR count). The number of alkyl halides is 3. The van der Waals surface area contributed by atoms with Gasteiger partial charge in [-0.1, -0.05) is 36.4 Å². The molecule has 1 fully saturated rings. The van der Waals surface area contributed by atoms with Gasteiger partial charge in [0.1, 0.15) is 0 Å². The molecule has 144 valence electrons. The molecule has 1 amide bonds. The molecular formula is C20H23F3N3O+. The highest BCUT2D eigenvalue weighted by Crippen LogP contribution is 2.31. The van der Waals surface area contributed by atoms with Crippen molar-refractivity contribution in [2.75, 3.05) is 31.1 Å². The van der Waals surface area contributed by atoms with Crippen molar-refractivity contribution in [1.82, 2.24) is 4.90 Å². The quantitative estimate of drug-likeness (QED) is 0.887. The molecule has 1 aliphatic rings. The molecule has 2 aromatic rings. The van der Waals surface area contributed by atoms with E-state index < -0.39 is 11.7 Å². The zero-order valence-corrected chi connectivity index (χ0v) is 15.0. The van der Waals surface area contributed by atoms with Crippen LogP contribution in [0.15, 0.2) is 54.6 Å². The molecule has 0 aromatic heterocycles. The minimum Gasteiger partial charge on any atom is -0.368 e. The van der Waals surface area contributed by atoms with Gasteiger partial charge in [0.05, 0.1) is 5.56 Å². The van der Waals surface area contributed by atoms with Crippen LogP contribution in [0.3, 0.4) is 0 Å². The van der Waals surface area contributed by atoms with E-state index in [0.717, 1.165) is 17.7 Å². The number of piperazine rings is 1. The van der Waals surface area contributed by atoms with Gasteiger partial charge < -0.3 is 15.5 Å². The minimum atomic E-state index is -4.35. The van der Waals surface area contributed by atoms with Gasteiger partial charge >= 0.3 is 6.18 Å². The van der Waals surface area contributed by atoms with E-state index in [1.54, 1.807) is 11.0 Å². The molecule has 1 heterocycles. The molecule has 0 bridgehead atoms. The van der Waals surface area contributed by atoms with E-state index in [4.69, 9.17) is 0 Å². The molecular weight excluding hydrogens is 355 g/mol. The molecule has 0 saturated carbocycles. The van der Waals surface area contributed by atoms with E-state index in [0.29, 0.717) is 38.3 Å². The average Bonchev–Trinajstić information content (AvgIpc) is 2.68. The minimum absolute atomic E-state index is 0.0115. The lowest BCUT2D eigenvalue weighted by Gasteiger charge is -2.36. The van der Waals surface area contributed by atoms with Gasteiger partial charge in [-0.2, -0.15) is 13.2 Å². The highest BCUT2D eigenvalue weighted by molar-refractivity contribution is 5.81. The average molecular weight is 378 g/mol. The van der Waals surface area contributed by atoms with E-state index >= 15 is 0 Å². The molecule has 27 heavy (non-hydrogen) atoms. The van der Waals surface area contributed by atoms with Crippen LogP contribution in [0.4, 0.5) is 18.9 Å². The van der Waals surface area contributed by atoms with Gasteiger partial charge in [0.2, 0.25) is 0 Å². The SMILES string of the molecule is [NH3+][C@@H](Cc1ccccc1)C(=O)N1CCN(c2cccc(C(F)(F)F)c2)CC1. The molecule has 2 aromatic carbocycles.